The van der Waals surface area contributed by atoms with E-state index in [0.29, 0.717) is 17.9 Å². The number of nitrogens with two attached hydrogens (primary N) is 1. The molecule has 7 heterocycles. The zero-order valence-corrected chi connectivity index (χ0v) is 51.5. The molecule has 8 aromatic rings. The second kappa shape index (κ2) is 28.6. The third-order valence-corrected chi connectivity index (χ3v) is 14.4. The van der Waals surface area contributed by atoms with Crippen LogP contribution in [0.25, 0.3) is 0 Å². The molecule has 7 aromatic heterocycles. The molecule has 10 amide bonds. The van der Waals surface area contributed by atoms with Crippen molar-refractivity contribution in [2.75, 3.05) is 77.5 Å². The van der Waals surface area contributed by atoms with E-state index in [4.69, 9.17) is 5.73 Å². The monoisotopic (exact) mass is 1250 g/mol. The lowest BCUT2D eigenvalue weighted by atomic mass is 10.2. The average molecular weight is 1250 g/mol. The number of aromatic nitrogens is 8. The van der Waals surface area contributed by atoms with Gasteiger partial charge in [0.15, 0.2) is 5.82 Å². The minimum absolute atomic E-state index is 0.00151. The molecule has 0 saturated heterocycles. The van der Waals surface area contributed by atoms with Crippen LogP contribution in [0.2, 0.25) is 0 Å². The molecule has 0 radical (unpaired) electrons. The maximum atomic E-state index is 13.9. The van der Waals surface area contributed by atoms with E-state index in [1.807, 2.05) is 19.0 Å². The number of hydrogen-bond donors (Lipinski definition) is 12. The van der Waals surface area contributed by atoms with Gasteiger partial charge in [-0.3, -0.25) is 47.9 Å². The highest BCUT2D eigenvalue weighted by atomic mass is 16.3. The molecule has 8 rings (SSSR count). The number of rotatable bonds is 26. The highest BCUT2D eigenvalue weighted by Crippen LogP contribution is 2.27. The fourth-order valence-electron chi connectivity index (χ4n) is 9.72. The summed E-state index contributed by atoms with van der Waals surface area (Å²) in [6.07, 6.45) is 11.6. The van der Waals surface area contributed by atoms with Gasteiger partial charge in [-0.15, -0.1) is 0 Å². The van der Waals surface area contributed by atoms with Crippen LogP contribution in [0.4, 0.5) is 39.9 Å². The van der Waals surface area contributed by atoms with E-state index < -0.39 is 59.2 Å². The second-order valence-corrected chi connectivity index (χ2v) is 21.7. The largest absolute Gasteiger partial charge is 0.507 e. The standard InChI is InChI=1S/C60H72N20O11/c1-73(2)23-12-20-62-47(82)16-22-63-54(85)42-27-34(30-77(42)6)65-55(86)43-28-35(31-78(43)7)66-56(87)44-29-36(32-79(44)8)67-60(91)51-71-46(33-80(51)9)72-53(84)38(61)15-21-64-57(88)48-39(17-24-74(48)3)69-59(90)50-41(19-26-76(50)5)70-58(89)49-40(18-25-75(49)4)68-52(83)37-13-10-11-14-45(37)81/h10-11,13-14,17-19,24-33,38,81H,12,15-16,20-23,61H2,1-9H3,(H,62,82)(H,63,85)(H,64,88)(H,65,86)(H,66,87)(H,67,91)(H,68,83)(H,69,90)(H,70,89)(H,72,84)/t38-/m1/s1. The van der Waals surface area contributed by atoms with Crippen LogP contribution in [0.1, 0.15) is 103 Å². The van der Waals surface area contributed by atoms with E-state index in [2.05, 4.69) is 58.2 Å². The molecule has 0 aliphatic heterocycles. The predicted molar refractivity (Wildman–Crippen MR) is 338 cm³/mol. The number of aryl methyl sites for hydroxylation is 7. The zero-order valence-electron chi connectivity index (χ0n) is 51.5. The Labute approximate surface area is 521 Å². The molecule has 91 heavy (non-hydrogen) atoms. The molecular formula is C60H72N20O11. The third-order valence-electron chi connectivity index (χ3n) is 14.4. The van der Waals surface area contributed by atoms with Gasteiger partial charge in [0.25, 0.3) is 47.3 Å². The Bertz CT molecular complexity index is 4110. The number of amides is 10. The molecule has 0 fully saturated rings. The van der Waals surface area contributed by atoms with Gasteiger partial charge in [-0.25, -0.2) is 4.98 Å². The van der Waals surface area contributed by atoms with Crippen LogP contribution in [0, 0.1) is 0 Å². The summed E-state index contributed by atoms with van der Waals surface area (Å²) in [6, 6.07) is 13.8. The minimum atomic E-state index is -1.15. The zero-order chi connectivity index (χ0) is 66.0. The molecule has 0 spiro atoms. The Hall–Kier alpha value is -11.5. The van der Waals surface area contributed by atoms with Gasteiger partial charge in [-0.05, 0) is 82.0 Å². The summed E-state index contributed by atoms with van der Waals surface area (Å²) in [5, 5.41) is 37.4. The minimum Gasteiger partial charge on any atom is -0.507 e. The highest BCUT2D eigenvalue weighted by molar-refractivity contribution is 6.16. The van der Waals surface area contributed by atoms with E-state index >= 15 is 0 Å². The third kappa shape index (κ3) is 16.0. The summed E-state index contributed by atoms with van der Waals surface area (Å²) in [5.41, 5.74) is 8.25. The Balaban J connectivity index is 0.786. The Morgan fingerprint density at radius 1 is 0.495 bits per heavy atom. The summed E-state index contributed by atoms with van der Waals surface area (Å²) in [7, 11) is 15.1. The molecule has 31 heteroatoms. The maximum absolute atomic E-state index is 13.9. The molecule has 13 N–H and O–H groups in total. The molecule has 0 aliphatic rings. The van der Waals surface area contributed by atoms with Crippen LogP contribution < -0.4 is 58.9 Å². The van der Waals surface area contributed by atoms with Crippen LogP contribution in [-0.2, 0) is 58.9 Å². The van der Waals surface area contributed by atoms with Crippen LogP contribution in [0.5, 0.6) is 5.75 Å². The molecule has 1 atom stereocenters. The number of carbonyl (C=O) groups is 10. The number of hydrogen-bond acceptors (Lipinski definition) is 14. The fraction of sp³-hybridized carbons (Fsp3) is 0.283. The number of nitrogens with zero attached hydrogens (tertiary/aromatic N) is 9. The number of phenols is 1. The van der Waals surface area contributed by atoms with Gasteiger partial charge in [0, 0.05) is 119 Å². The normalized spacial score (nSPS) is 11.4. The van der Waals surface area contributed by atoms with Gasteiger partial charge in [-0.1, -0.05) is 12.1 Å². The lowest BCUT2D eigenvalue weighted by Crippen LogP contribution is -2.39. The van der Waals surface area contributed by atoms with Crippen molar-refractivity contribution in [1.82, 2.24) is 57.8 Å². The van der Waals surface area contributed by atoms with Gasteiger partial charge in [0.2, 0.25) is 17.6 Å². The van der Waals surface area contributed by atoms with E-state index in [1.54, 1.807) is 90.0 Å². The van der Waals surface area contributed by atoms with Crippen molar-refractivity contribution in [3.63, 3.8) is 0 Å². The summed E-state index contributed by atoms with van der Waals surface area (Å²) in [4.78, 5) is 139. The number of carbonyl (C=O) groups excluding carboxylic acids is 10. The Morgan fingerprint density at radius 3 is 1.46 bits per heavy atom. The first kappa shape index (κ1) is 65.5. The summed E-state index contributed by atoms with van der Waals surface area (Å²) in [6.45, 7) is 1.42. The van der Waals surface area contributed by atoms with Crippen LogP contribution in [0.3, 0.4) is 0 Å². The van der Waals surface area contributed by atoms with E-state index in [1.165, 1.54) is 95.4 Å². The SMILES string of the molecule is CN(C)CCCNC(=O)CCNC(=O)c1cc(NC(=O)c2cc(NC(=O)c3cc(NC(=O)c4nc(NC(=O)[C@H](N)CCNC(=O)c5c(NC(=O)c6c(NC(=O)c7c(NC(=O)c8ccccc8O)ccn7C)ccn6C)ccn5C)cn4C)cn3C)cn2C)cn1C. The lowest BCUT2D eigenvalue weighted by molar-refractivity contribution is -0.121. The first-order valence-electron chi connectivity index (χ1n) is 28.5. The number of anilines is 7. The molecule has 0 unspecified atom stereocenters. The van der Waals surface area contributed by atoms with Crippen LogP contribution >= 0.6 is 0 Å². The quantitative estimate of drug-likeness (QED) is 0.0347. The molecule has 0 aliphatic carbocycles. The molecule has 478 valence electrons. The average Bonchev–Trinajstić information content (AvgIpc) is 1.73. The molecular weight excluding hydrogens is 1180 g/mol. The van der Waals surface area contributed by atoms with Gasteiger partial charge in [0.1, 0.15) is 39.9 Å². The van der Waals surface area contributed by atoms with E-state index in [0.717, 1.165) is 13.0 Å². The number of benzene rings is 1. The van der Waals surface area contributed by atoms with Gasteiger partial charge >= 0.3 is 0 Å². The highest BCUT2D eigenvalue weighted by Gasteiger charge is 2.27. The topological polar surface area (TPSA) is 388 Å². The van der Waals surface area contributed by atoms with Crippen molar-refractivity contribution in [3.05, 3.63) is 150 Å². The van der Waals surface area contributed by atoms with Gasteiger partial charge in [-0.2, -0.15) is 0 Å². The number of nitrogens with one attached hydrogen (secondary N) is 10. The summed E-state index contributed by atoms with van der Waals surface area (Å²) >= 11 is 0. The fourth-order valence-corrected chi connectivity index (χ4v) is 9.72. The van der Waals surface area contributed by atoms with Gasteiger partial charge in [0.05, 0.1) is 45.7 Å². The first-order chi connectivity index (χ1) is 43.3. The van der Waals surface area contributed by atoms with Crippen molar-refractivity contribution in [1.29, 1.82) is 0 Å². The van der Waals surface area contributed by atoms with Crippen LogP contribution in [0.15, 0.2) is 104 Å². The number of imidazole rings is 1. The van der Waals surface area contributed by atoms with Crippen molar-refractivity contribution in [2.45, 2.75) is 25.3 Å². The van der Waals surface area contributed by atoms with Gasteiger partial charge < -0.3 is 101 Å². The van der Waals surface area contributed by atoms with Crippen molar-refractivity contribution in [2.24, 2.45) is 55.1 Å². The first-order valence-corrected chi connectivity index (χ1v) is 28.5. The smallest absolute Gasteiger partial charge is 0.291 e. The number of para-hydroxylation sites is 1. The summed E-state index contributed by atoms with van der Waals surface area (Å²) < 4.78 is 10.4. The van der Waals surface area contributed by atoms with E-state index in [-0.39, 0.29) is 112 Å². The van der Waals surface area contributed by atoms with E-state index in [9.17, 15) is 53.1 Å². The Morgan fingerprint density at radius 2 is 0.956 bits per heavy atom. The lowest BCUT2D eigenvalue weighted by Gasteiger charge is -2.14. The van der Waals surface area contributed by atoms with Crippen molar-refractivity contribution >= 4 is 99.0 Å². The Kier molecular flexibility index (Phi) is 20.6. The molecule has 31 nitrogen and oxygen atoms in total. The maximum Gasteiger partial charge on any atom is 0.291 e. The predicted octanol–water partition coefficient (Wildman–Crippen LogP) is 2.94. The van der Waals surface area contributed by atoms with Crippen molar-refractivity contribution in [3.8, 4) is 5.75 Å². The van der Waals surface area contributed by atoms with Crippen LogP contribution in [-0.4, -0.2) is 152 Å². The van der Waals surface area contributed by atoms with Crippen molar-refractivity contribution < 1.29 is 53.1 Å². The molecule has 0 bridgehead atoms. The molecule has 1 aromatic carbocycles. The second-order valence-electron chi connectivity index (χ2n) is 21.7. The summed E-state index contributed by atoms with van der Waals surface area (Å²) in [5.74, 6) is -5.96. The number of aromatic hydroxyl groups is 1. The molecule has 0 saturated carbocycles. The number of phenolic OH excluding ortho intramolecular Hbond substituents is 1.